The minimum Gasteiger partial charge on any atom is -0.508 e. The number of nitrogens with two attached hydrogens (primary N) is 1. The largest absolute Gasteiger partial charge is 0.508 e. The number of fused-ring (bicyclic) bond motifs is 2. The molecule has 3 N–H and O–H groups in total. The second-order valence-electron chi connectivity index (χ2n) is 11.9. The summed E-state index contributed by atoms with van der Waals surface area (Å²) < 4.78 is 29.8. The van der Waals surface area contributed by atoms with Gasteiger partial charge in [0.2, 0.25) is 0 Å². The summed E-state index contributed by atoms with van der Waals surface area (Å²) in [4.78, 5) is 25.0. The summed E-state index contributed by atoms with van der Waals surface area (Å²) in [7, 11) is 5.07. The first kappa shape index (κ1) is 28.1. The van der Waals surface area contributed by atoms with Gasteiger partial charge in [-0.05, 0) is 67.6 Å². The van der Waals surface area contributed by atoms with Gasteiger partial charge in [0.05, 0.1) is 37.7 Å². The lowest BCUT2D eigenvalue weighted by Crippen LogP contribution is -2.50. The zero-order valence-electron chi connectivity index (χ0n) is 25.0. The third-order valence-corrected chi connectivity index (χ3v) is 8.69. The van der Waals surface area contributed by atoms with Crippen LogP contribution in [0.25, 0.3) is 44.8 Å². The Bertz CT molecular complexity index is 1900. The lowest BCUT2D eigenvalue weighted by molar-refractivity contribution is 0.0606. The predicted molar refractivity (Wildman–Crippen MR) is 166 cm³/mol. The second-order valence-corrected chi connectivity index (χ2v) is 11.9. The first-order valence-corrected chi connectivity index (χ1v) is 14.9. The molecule has 2 aliphatic rings. The van der Waals surface area contributed by atoms with Crippen molar-refractivity contribution in [1.29, 1.82) is 0 Å². The highest BCUT2D eigenvalue weighted by Crippen LogP contribution is 2.39. The first-order chi connectivity index (χ1) is 21.2. The van der Waals surface area contributed by atoms with Crippen LogP contribution in [0.5, 0.6) is 17.2 Å². The normalized spacial score (nSPS) is 18.7. The van der Waals surface area contributed by atoms with Crippen LogP contribution >= 0.6 is 0 Å². The molecule has 7 rings (SSSR count). The summed E-state index contributed by atoms with van der Waals surface area (Å²) in [5.74, 6) is 2.16. The molecule has 3 aromatic heterocycles. The number of phenols is 1. The van der Waals surface area contributed by atoms with Crippen LogP contribution in [0.15, 0.2) is 48.5 Å². The standard InChI is InChI=1S/C33H35FN6O4/c1-38-30-26(10-20(12-29(30)44-3)33(42)39-16-21(34)13-22(35)17-39)37-32(38)27-11-19-6-9-25(24-8-7-23(41)14-28(24)43-2)36-31(19)40(27)15-18-4-5-18/h6-12,14,18,21-22,41H,4-5,13,15-17,35H2,1-3H3/t21-,22-/m1/s1. The number of aromatic hydroxyl groups is 1. The highest BCUT2D eigenvalue weighted by atomic mass is 19.1. The van der Waals surface area contributed by atoms with Gasteiger partial charge in [0, 0.05) is 48.8 Å². The Balaban J connectivity index is 1.35. The fourth-order valence-corrected chi connectivity index (χ4v) is 6.34. The minimum absolute atomic E-state index is 0.0205. The van der Waals surface area contributed by atoms with E-state index in [4.69, 9.17) is 25.2 Å². The summed E-state index contributed by atoms with van der Waals surface area (Å²) in [6.45, 7) is 1.12. The number of halogens is 1. The Morgan fingerprint density at radius 3 is 2.57 bits per heavy atom. The molecule has 1 amide bonds. The summed E-state index contributed by atoms with van der Waals surface area (Å²) in [6, 6.07) is 14.1. The number of alkyl halides is 1. The Labute approximate surface area is 253 Å². The number of imidazole rings is 1. The average Bonchev–Trinajstić information content (AvgIpc) is 3.68. The summed E-state index contributed by atoms with van der Waals surface area (Å²) >= 11 is 0. The molecule has 228 valence electrons. The van der Waals surface area contributed by atoms with E-state index >= 15 is 0 Å². The number of carbonyl (C=O) groups excluding carboxylic acids is 1. The number of nitrogens with zero attached hydrogens (tertiary/aromatic N) is 5. The van der Waals surface area contributed by atoms with Gasteiger partial charge in [0.1, 0.15) is 34.6 Å². The number of pyridine rings is 1. The van der Waals surface area contributed by atoms with E-state index in [2.05, 4.69) is 10.6 Å². The van der Waals surface area contributed by atoms with E-state index < -0.39 is 12.2 Å². The number of phenolic OH excluding ortho intramolecular Hbond substituents is 1. The quantitative estimate of drug-likeness (QED) is 0.273. The fourth-order valence-electron chi connectivity index (χ4n) is 6.34. The number of aryl methyl sites for hydroxylation is 1. The van der Waals surface area contributed by atoms with Crippen LogP contribution in [-0.2, 0) is 13.6 Å². The smallest absolute Gasteiger partial charge is 0.254 e. The summed E-state index contributed by atoms with van der Waals surface area (Å²) in [6.07, 6.45) is 1.43. The van der Waals surface area contributed by atoms with Gasteiger partial charge >= 0.3 is 0 Å². The maximum absolute atomic E-state index is 14.3. The van der Waals surface area contributed by atoms with E-state index in [9.17, 15) is 14.3 Å². The molecular weight excluding hydrogens is 563 g/mol. The van der Waals surface area contributed by atoms with Gasteiger partial charge in [-0.15, -0.1) is 0 Å². The van der Waals surface area contributed by atoms with E-state index in [-0.39, 0.29) is 24.6 Å². The zero-order valence-corrected chi connectivity index (χ0v) is 25.0. The van der Waals surface area contributed by atoms with Gasteiger partial charge < -0.3 is 34.3 Å². The molecule has 0 bridgehead atoms. The van der Waals surface area contributed by atoms with Crippen molar-refractivity contribution in [3.05, 3.63) is 54.1 Å². The van der Waals surface area contributed by atoms with Crippen LogP contribution in [0.3, 0.4) is 0 Å². The van der Waals surface area contributed by atoms with Crippen molar-refractivity contribution in [1.82, 2.24) is 24.0 Å². The molecule has 11 heteroatoms. The van der Waals surface area contributed by atoms with E-state index in [0.29, 0.717) is 40.9 Å². The number of benzene rings is 2. The number of likely N-dealkylation sites (tertiary alicyclic amines) is 1. The highest BCUT2D eigenvalue weighted by molar-refractivity contribution is 6.00. The maximum Gasteiger partial charge on any atom is 0.254 e. The monoisotopic (exact) mass is 598 g/mol. The molecule has 1 saturated heterocycles. The zero-order chi connectivity index (χ0) is 30.7. The van der Waals surface area contributed by atoms with Gasteiger partial charge in [0.15, 0.2) is 5.82 Å². The number of methoxy groups -OCH3 is 2. The van der Waals surface area contributed by atoms with Crippen molar-refractivity contribution in [2.24, 2.45) is 18.7 Å². The molecule has 1 aliphatic heterocycles. The Morgan fingerprint density at radius 1 is 1.05 bits per heavy atom. The van der Waals surface area contributed by atoms with E-state index in [0.717, 1.165) is 52.9 Å². The molecule has 0 radical (unpaired) electrons. The molecule has 0 unspecified atom stereocenters. The molecule has 2 atom stereocenters. The molecule has 2 fully saturated rings. The average molecular weight is 599 g/mol. The van der Waals surface area contributed by atoms with Crippen LogP contribution in [0.1, 0.15) is 29.6 Å². The van der Waals surface area contributed by atoms with Crippen LogP contribution < -0.4 is 15.2 Å². The number of carbonyl (C=O) groups is 1. The van der Waals surface area contributed by atoms with E-state index in [1.807, 2.05) is 23.7 Å². The van der Waals surface area contributed by atoms with Crippen molar-refractivity contribution in [2.75, 3.05) is 27.3 Å². The Kier molecular flexibility index (Phi) is 6.92. The summed E-state index contributed by atoms with van der Waals surface area (Å²) in [5.41, 5.74) is 11.0. The summed E-state index contributed by atoms with van der Waals surface area (Å²) in [5, 5.41) is 10.9. The molecule has 10 nitrogen and oxygen atoms in total. The van der Waals surface area contributed by atoms with Gasteiger partial charge in [-0.25, -0.2) is 14.4 Å². The SMILES string of the molecule is COc1cc(O)ccc1-c1ccc2cc(-c3nc4cc(C(=O)N5C[C@H](N)C[C@@H](F)C5)cc(OC)c4n3C)n(CC3CC3)c2n1. The molecule has 44 heavy (non-hydrogen) atoms. The molecular formula is C33H35FN6O4. The van der Waals surface area contributed by atoms with Crippen LogP contribution in [0, 0.1) is 5.92 Å². The predicted octanol–water partition coefficient (Wildman–Crippen LogP) is 4.90. The number of ether oxygens (including phenoxy) is 2. The van der Waals surface area contributed by atoms with Crippen molar-refractivity contribution in [3.63, 3.8) is 0 Å². The third kappa shape index (κ3) is 4.90. The number of hydrogen-bond acceptors (Lipinski definition) is 7. The van der Waals surface area contributed by atoms with E-state index in [1.54, 1.807) is 44.6 Å². The lowest BCUT2D eigenvalue weighted by atomic mass is 10.0. The van der Waals surface area contributed by atoms with Gasteiger partial charge in [-0.2, -0.15) is 0 Å². The number of hydrogen-bond donors (Lipinski definition) is 2. The molecule has 4 heterocycles. The van der Waals surface area contributed by atoms with Crippen LogP contribution in [-0.4, -0.2) is 74.5 Å². The molecule has 1 aliphatic carbocycles. The topological polar surface area (TPSA) is 121 Å². The van der Waals surface area contributed by atoms with Gasteiger partial charge in [-0.1, -0.05) is 0 Å². The molecule has 2 aromatic carbocycles. The van der Waals surface area contributed by atoms with Gasteiger partial charge in [0.25, 0.3) is 5.91 Å². The minimum atomic E-state index is -1.15. The Hall–Kier alpha value is -4.64. The van der Waals surface area contributed by atoms with E-state index in [1.165, 1.54) is 4.90 Å². The van der Waals surface area contributed by atoms with Crippen molar-refractivity contribution < 1.29 is 23.8 Å². The molecule has 0 spiro atoms. The highest BCUT2D eigenvalue weighted by Gasteiger charge is 2.30. The molecule has 5 aromatic rings. The number of aromatic nitrogens is 4. The second kappa shape index (κ2) is 10.8. The lowest BCUT2D eigenvalue weighted by Gasteiger charge is -2.33. The van der Waals surface area contributed by atoms with Crippen molar-refractivity contribution in [3.8, 4) is 40.0 Å². The third-order valence-electron chi connectivity index (χ3n) is 8.69. The van der Waals surface area contributed by atoms with Crippen molar-refractivity contribution in [2.45, 2.75) is 38.0 Å². The number of amides is 1. The van der Waals surface area contributed by atoms with Gasteiger partial charge in [-0.3, -0.25) is 4.79 Å². The Morgan fingerprint density at radius 2 is 1.84 bits per heavy atom. The van der Waals surface area contributed by atoms with Crippen LogP contribution in [0.2, 0.25) is 0 Å². The maximum atomic E-state index is 14.3. The number of rotatable bonds is 7. The number of piperidine rings is 1. The van der Waals surface area contributed by atoms with Crippen LogP contribution in [0.4, 0.5) is 4.39 Å². The van der Waals surface area contributed by atoms with Crippen molar-refractivity contribution >= 4 is 28.0 Å². The first-order valence-electron chi connectivity index (χ1n) is 14.9. The fraction of sp³-hybridized carbons (Fsp3) is 0.364. The molecule has 1 saturated carbocycles.